The molecule has 2 aromatic carbocycles. The van der Waals surface area contributed by atoms with Gasteiger partial charge in [-0.05, 0) is 30.5 Å². The number of aliphatic hydroxyl groups is 1. The average molecular weight is 241 g/mol. The zero-order valence-electron chi connectivity index (χ0n) is 10.8. The maximum absolute atomic E-state index is 10.1. The number of hydrogen-bond donors (Lipinski definition) is 2. The fourth-order valence-corrected chi connectivity index (χ4v) is 1.92. The van der Waals surface area contributed by atoms with Gasteiger partial charge in [-0.1, -0.05) is 54.6 Å². The molecule has 1 unspecified atom stereocenters. The second kappa shape index (κ2) is 4.92. The standard InChI is InChI=1S/C16H19NO/c1-16(2,17)15(18)14-10-8-13(9-11-14)12-6-4-3-5-7-12/h3-11,15,18H,17H2,1-2H3. The zero-order chi connectivity index (χ0) is 13.2. The van der Waals surface area contributed by atoms with Gasteiger partial charge in [0.15, 0.2) is 0 Å². The summed E-state index contributed by atoms with van der Waals surface area (Å²) in [4.78, 5) is 0. The molecular weight excluding hydrogens is 222 g/mol. The monoisotopic (exact) mass is 241 g/mol. The van der Waals surface area contributed by atoms with E-state index in [1.807, 2.05) is 56.3 Å². The number of nitrogens with two attached hydrogens (primary N) is 1. The second-order valence-electron chi connectivity index (χ2n) is 5.21. The molecule has 1 atom stereocenters. The molecule has 0 aliphatic carbocycles. The first-order valence-corrected chi connectivity index (χ1v) is 6.11. The van der Waals surface area contributed by atoms with Crippen LogP contribution in [0, 0.1) is 0 Å². The molecule has 0 saturated heterocycles. The number of hydrogen-bond acceptors (Lipinski definition) is 2. The molecule has 0 fully saturated rings. The molecule has 2 heteroatoms. The van der Waals surface area contributed by atoms with Crippen LogP contribution < -0.4 is 5.73 Å². The van der Waals surface area contributed by atoms with E-state index in [1.54, 1.807) is 0 Å². The molecule has 2 nitrogen and oxygen atoms in total. The highest BCUT2D eigenvalue weighted by atomic mass is 16.3. The lowest BCUT2D eigenvalue weighted by Gasteiger charge is -2.26. The third-order valence-electron chi connectivity index (χ3n) is 3.04. The van der Waals surface area contributed by atoms with Crippen LogP contribution in [-0.2, 0) is 0 Å². The van der Waals surface area contributed by atoms with E-state index in [-0.39, 0.29) is 0 Å². The Morgan fingerprint density at radius 2 is 1.39 bits per heavy atom. The van der Waals surface area contributed by atoms with Gasteiger partial charge in [0.1, 0.15) is 0 Å². The average Bonchev–Trinajstić information content (AvgIpc) is 2.38. The molecule has 18 heavy (non-hydrogen) atoms. The highest BCUT2D eigenvalue weighted by Crippen LogP contribution is 2.26. The molecule has 0 saturated carbocycles. The van der Waals surface area contributed by atoms with Gasteiger partial charge in [-0.15, -0.1) is 0 Å². The molecule has 0 aliphatic heterocycles. The van der Waals surface area contributed by atoms with Crippen LogP contribution in [0.15, 0.2) is 54.6 Å². The molecule has 2 rings (SSSR count). The lowest BCUT2D eigenvalue weighted by molar-refractivity contribution is 0.105. The normalized spacial score (nSPS) is 13.3. The summed E-state index contributed by atoms with van der Waals surface area (Å²) in [5.74, 6) is 0. The van der Waals surface area contributed by atoms with Crippen molar-refractivity contribution in [2.45, 2.75) is 25.5 Å². The highest BCUT2D eigenvalue weighted by molar-refractivity contribution is 5.63. The van der Waals surface area contributed by atoms with Gasteiger partial charge in [0.25, 0.3) is 0 Å². The Hall–Kier alpha value is -1.64. The van der Waals surface area contributed by atoms with Gasteiger partial charge >= 0.3 is 0 Å². The largest absolute Gasteiger partial charge is 0.387 e. The van der Waals surface area contributed by atoms with E-state index in [0.29, 0.717) is 0 Å². The van der Waals surface area contributed by atoms with Gasteiger partial charge in [0.2, 0.25) is 0 Å². The fourth-order valence-electron chi connectivity index (χ4n) is 1.92. The number of aliphatic hydroxyl groups excluding tert-OH is 1. The Bertz CT molecular complexity index is 497. The van der Waals surface area contributed by atoms with Gasteiger partial charge in [-0.2, -0.15) is 0 Å². The predicted molar refractivity (Wildman–Crippen MR) is 75.1 cm³/mol. The topological polar surface area (TPSA) is 46.2 Å². The summed E-state index contributed by atoms with van der Waals surface area (Å²) in [5.41, 5.74) is 8.44. The molecule has 0 aliphatic rings. The van der Waals surface area contributed by atoms with Crippen LogP contribution >= 0.6 is 0 Å². The van der Waals surface area contributed by atoms with E-state index in [1.165, 1.54) is 5.56 Å². The van der Waals surface area contributed by atoms with E-state index in [4.69, 9.17) is 5.73 Å². The van der Waals surface area contributed by atoms with E-state index in [9.17, 15) is 5.11 Å². The van der Waals surface area contributed by atoms with Gasteiger partial charge in [-0.3, -0.25) is 0 Å². The Morgan fingerprint density at radius 1 is 0.889 bits per heavy atom. The smallest absolute Gasteiger partial charge is 0.0963 e. The van der Waals surface area contributed by atoms with Gasteiger partial charge < -0.3 is 10.8 Å². The van der Waals surface area contributed by atoms with Crippen LogP contribution in [0.2, 0.25) is 0 Å². The summed E-state index contributed by atoms with van der Waals surface area (Å²) in [6.45, 7) is 3.64. The van der Waals surface area contributed by atoms with Gasteiger partial charge in [0.05, 0.1) is 6.10 Å². The third kappa shape index (κ3) is 2.78. The Balaban J connectivity index is 2.26. The van der Waals surface area contributed by atoms with Crippen LogP contribution in [0.25, 0.3) is 11.1 Å². The van der Waals surface area contributed by atoms with E-state index >= 15 is 0 Å². The second-order valence-corrected chi connectivity index (χ2v) is 5.21. The summed E-state index contributed by atoms with van der Waals surface area (Å²) in [7, 11) is 0. The van der Waals surface area contributed by atoms with E-state index in [2.05, 4.69) is 12.1 Å². The van der Waals surface area contributed by atoms with Crippen LogP contribution in [-0.4, -0.2) is 10.6 Å². The Kier molecular flexibility index (Phi) is 3.50. The van der Waals surface area contributed by atoms with Gasteiger partial charge in [-0.25, -0.2) is 0 Å². The molecule has 0 amide bonds. The number of rotatable bonds is 3. The summed E-state index contributed by atoms with van der Waals surface area (Å²) in [6, 6.07) is 18.1. The Labute approximate surface area is 108 Å². The predicted octanol–water partition coefficient (Wildman–Crippen LogP) is 3.12. The van der Waals surface area contributed by atoms with E-state index < -0.39 is 11.6 Å². The molecule has 94 valence electrons. The molecule has 3 N–H and O–H groups in total. The van der Waals surface area contributed by atoms with Crippen molar-refractivity contribution < 1.29 is 5.11 Å². The van der Waals surface area contributed by atoms with Crippen molar-refractivity contribution in [2.75, 3.05) is 0 Å². The summed E-state index contributed by atoms with van der Waals surface area (Å²) in [5, 5.41) is 10.1. The SMILES string of the molecule is CC(C)(N)C(O)c1ccc(-c2ccccc2)cc1. The van der Waals surface area contributed by atoms with Crippen LogP contribution in [0.1, 0.15) is 25.5 Å². The molecule has 0 radical (unpaired) electrons. The van der Waals surface area contributed by atoms with Crippen LogP contribution in [0.4, 0.5) is 0 Å². The molecule has 0 bridgehead atoms. The van der Waals surface area contributed by atoms with Crippen molar-refractivity contribution in [3.8, 4) is 11.1 Å². The van der Waals surface area contributed by atoms with Gasteiger partial charge in [0, 0.05) is 5.54 Å². The number of benzene rings is 2. The van der Waals surface area contributed by atoms with Crippen molar-refractivity contribution in [1.29, 1.82) is 0 Å². The molecule has 0 aromatic heterocycles. The lowest BCUT2D eigenvalue weighted by Crippen LogP contribution is -2.39. The molecular formula is C16H19NO. The van der Waals surface area contributed by atoms with Crippen molar-refractivity contribution in [1.82, 2.24) is 0 Å². The Morgan fingerprint density at radius 3 is 1.89 bits per heavy atom. The maximum atomic E-state index is 10.1. The first-order chi connectivity index (χ1) is 8.48. The third-order valence-corrected chi connectivity index (χ3v) is 3.04. The highest BCUT2D eigenvalue weighted by Gasteiger charge is 2.24. The minimum atomic E-state index is -0.651. The summed E-state index contributed by atoms with van der Waals surface area (Å²) < 4.78 is 0. The first kappa shape index (κ1) is 12.8. The molecule has 2 aromatic rings. The van der Waals surface area contributed by atoms with Crippen molar-refractivity contribution >= 4 is 0 Å². The maximum Gasteiger partial charge on any atom is 0.0963 e. The minimum Gasteiger partial charge on any atom is -0.387 e. The molecule has 0 heterocycles. The van der Waals surface area contributed by atoms with Crippen molar-refractivity contribution in [3.05, 3.63) is 60.2 Å². The quantitative estimate of drug-likeness (QED) is 0.867. The zero-order valence-corrected chi connectivity index (χ0v) is 10.8. The van der Waals surface area contributed by atoms with Crippen LogP contribution in [0.3, 0.4) is 0 Å². The minimum absolute atomic E-state index is 0.631. The summed E-state index contributed by atoms with van der Waals surface area (Å²) >= 11 is 0. The van der Waals surface area contributed by atoms with Crippen molar-refractivity contribution in [2.24, 2.45) is 5.73 Å². The first-order valence-electron chi connectivity index (χ1n) is 6.11. The van der Waals surface area contributed by atoms with E-state index in [0.717, 1.165) is 11.1 Å². The fraction of sp³-hybridized carbons (Fsp3) is 0.250. The van der Waals surface area contributed by atoms with Crippen LogP contribution in [0.5, 0.6) is 0 Å². The lowest BCUT2D eigenvalue weighted by atomic mass is 9.91. The molecule has 0 spiro atoms. The van der Waals surface area contributed by atoms with Crippen molar-refractivity contribution in [3.63, 3.8) is 0 Å². The summed E-state index contributed by atoms with van der Waals surface area (Å²) in [6.07, 6.45) is -0.651.